The number of benzene rings is 1. The summed E-state index contributed by atoms with van der Waals surface area (Å²) in [7, 11) is 0. The summed E-state index contributed by atoms with van der Waals surface area (Å²) >= 11 is 0. The van der Waals surface area contributed by atoms with Crippen LogP contribution < -0.4 is 0 Å². The number of hydrogen-bond acceptors (Lipinski definition) is 8. The molecule has 3 heterocycles. The van der Waals surface area contributed by atoms with Crippen molar-refractivity contribution in [3.05, 3.63) is 40.3 Å². The zero-order valence-electron chi connectivity index (χ0n) is 15.8. The van der Waals surface area contributed by atoms with Gasteiger partial charge < -0.3 is 9.26 Å². The van der Waals surface area contributed by atoms with Crippen LogP contribution in [0.2, 0.25) is 0 Å². The number of morpholine rings is 1. The molecule has 0 N–H and O–H groups in total. The van der Waals surface area contributed by atoms with Gasteiger partial charge in [0, 0.05) is 37.3 Å². The van der Waals surface area contributed by atoms with Gasteiger partial charge in [0.1, 0.15) is 0 Å². The Kier molecular flexibility index (Phi) is 5.94. The molecule has 2 aliphatic heterocycles. The molecule has 0 amide bonds. The van der Waals surface area contributed by atoms with Crippen LogP contribution in [-0.4, -0.2) is 70.8 Å². The van der Waals surface area contributed by atoms with Gasteiger partial charge in [-0.3, -0.25) is 19.9 Å². The fourth-order valence-corrected chi connectivity index (χ4v) is 3.86. The molecule has 0 atom stereocenters. The molecule has 0 bridgehead atoms. The van der Waals surface area contributed by atoms with Crippen LogP contribution in [0, 0.1) is 16.0 Å². The minimum Gasteiger partial charge on any atom is -0.379 e. The molecule has 150 valence electrons. The first-order valence-electron chi connectivity index (χ1n) is 9.77. The van der Waals surface area contributed by atoms with Crippen LogP contribution in [0.3, 0.4) is 0 Å². The predicted octanol–water partition coefficient (Wildman–Crippen LogP) is 2.19. The Morgan fingerprint density at radius 2 is 1.93 bits per heavy atom. The number of non-ortho nitro benzene ring substituents is 1. The van der Waals surface area contributed by atoms with Gasteiger partial charge in [0.2, 0.25) is 11.7 Å². The van der Waals surface area contributed by atoms with E-state index in [1.54, 1.807) is 12.1 Å². The Labute approximate surface area is 163 Å². The Bertz CT molecular complexity index is 797. The first-order valence-corrected chi connectivity index (χ1v) is 9.77. The van der Waals surface area contributed by atoms with Gasteiger partial charge in [-0.1, -0.05) is 17.3 Å². The van der Waals surface area contributed by atoms with E-state index in [0.29, 0.717) is 23.8 Å². The summed E-state index contributed by atoms with van der Waals surface area (Å²) in [5.41, 5.74) is 0.611. The van der Waals surface area contributed by atoms with E-state index in [4.69, 9.17) is 9.26 Å². The number of rotatable bonds is 6. The van der Waals surface area contributed by atoms with E-state index in [-0.39, 0.29) is 5.69 Å². The van der Waals surface area contributed by atoms with Crippen LogP contribution in [0.5, 0.6) is 0 Å². The number of hydrogen-bond donors (Lipinski definition) is 0. The maximum absolute atomic E-state index is 10.9. The molecule has 0 unspecified atom stereocenters. The summed E-state index contributed by atoms with van der Waals surface area (Å²) in [5.74, 6) is 1.67. The Morgan fingerprint density at radius 3 is 2.68 bits per heavy atom. The van der Waals surface area contributed by atoms with Crippen LogP contribution in [0.25, 0.3) is 11.4 Å². The molecule has 2 saturated heterocycles. The van der Waals surface area contributed by atoms with E-state index >= 15 is 0 Å². The number of ether oxygens (including phenoxy) is 1. The number of nitro benzene ring substituents is 1. The highest BCUT2D eigenvalue weighted by Gasteiger charge is 2.24. The molecule has 9 heteroatoms. The number of aromatic nitrogens is 2. The van der Waals surface area contributed by atoms with E-state index in [9.17, 15) is 10.1 Å². The first kappa shape index (κ1) is 19.0. The van der Waals surface area contributed by atoms with E-state index in [2.05, 4.69) is 19.9 Å². The van der Waals surface area contributed by atoms with Crippen molar-refractivity contribution >= 4 is 5.69 Å². The Hall–Kier alpha value is -2.36. The largest absolute Gasteiger partial charge is 0.379 e. The Morgan fingerprint density at radius 1 is 1.14 bits per heavy atom. The standard InChI is InChI=1S/C19H25N5O4/c25-24(26)17-3-1-2-16(12-17)19-20-18(28-21-19)14-22-6-4-15(5-7-22)13-23-8-10-27-11-9-23/h1-3,12,15H,4-11,13-14H2. The molecule has 2 fully saturated rings. The zero-order valence-corrected chi connectivity index (χ0v) is 15.8. The Balaban J connectivity index is 1.29. The molecular weight excluding hydrogens is 362 g/mol. The smallest absolute Gasteiger partial charge is 0.270 e. The lowest BCUT2D eigenvalue weighted by molar-refractivity contribution is -0.384. The summed E-state index contributed by atoms with van der Waals surface area (Å²) < 4.78 is 10.8. The number of piperidine rings is 1. The van der Waals surface area contributed by atoms with Gasteiger partial charge in [0.05, 0.1) is 24.7 Å². The molecule has 0 radical (unpaired) electrons. The number of nitro groups is 1. The summed E-state index contributed by atoms with van der Waals surface area (Å²) in [6.45, 7) is 7.60. The maximum atomic E-state index is 10.9. The second-order valence-electron chi connectivity index (χ2n) is 7.45. The molecule has 1 aromatic heterocycles. The lowest BCUT2D eigenvalue weighted by atomic mass is 9.96. The van der Waals surface area contributed by atoms with Crippen LogP contribution >= 0.6 is 0 Å². The molecule has 1 aromatic carbocycles. The van der Waals surface area contributed by atoms with Crippen molar-refractivity contribution in [1.82, 2.24) is 19.9 Å². The maximum Gasteiger partial charge on any atom is 0.270 e. The lowest BCUT2D eigenvalue weighted by Gasteiger charge is -2.35. The molecule has 28 heavy (non-hydrogen) atoms. The van der Waals surface area contributed by atoms with Crippen molar-refractivity contribution in [2.24, 2.45) is 5.92 Å². The highest BCUT2D eigenvalue weighted by Crippen LogP contribution is 2.23. The topological polar surface area (TPSA) is 97.8 Å². The molecule has 0 aliphatic carbocycles. The van der Waals surface area contributed by atoms with Gasteiger partial charge in [0.15, 0.2) is 0 Å². The monoisotopic (exact) mass is 387 g/mol. The fraction of sp³-hybridized carbons (Fsp3) is 0.579. The molecule has 9 nitrogen and oxygen atoms in total. The number of nitrogens with zero attached hydrogens (tertiary/aromatic N) is 5. The quantitative estimate of drug-likeness (QED) is 0.550. The first-order chi connectivity index (χ1) is 13.7. The van der Waals surface area contributed by atoms with Crippen molar-refractivity contribution in [3.63, 3.8) is 0 Å². The molecule has 4 rings (SSSR count). The fourth-order valence-electron chi connectivity index (χ4n) is 3.86. The van der Waals surface area contributed by atoms with E-state index in [1.807, 2.05) is 0 Å². The average molecular weight is 387 g/mol. The van der Waals surface area contributed by atoms with E-state index in [1.165, 1.54) is 25.0 Å². The van der Waals surface area contributed by atoms with Gasteiger partial charge in [-0.25, -0.2) is 0 Å². The van der Waals surface area contributed by atoms with Gasteiger partial charge in [-0.05, 0) is 31.8 Å². The third-order valence-electron chi connectivity index (χ3n) is 5.47. The van der Waals surface area contributed by atoms with Gasteiger partial charge in [0.25, 0.3) is 5.69 Å². The van der Waals surface area contributed by atoms with E-state index in [0.717, 1.165) is 51.9 Å². The van der Waals surface area contributed by atoms with Crippen LogP contribution in [0.1, 0.15) is 18.7 Å². The summed E-state index contributed by atoms with van der Waals surface area (Å²) in [6.07, 6.45) is 2.34. The lowest BCUT2D eigenvalue weighted by Crippen LogP contribution is -2.42. The molecular formula is C19H25N5O4. The van der Waals surface area contributed by atoms with Crippen molar-refractivity contribution < 1.29 is 14.2 Å². The average Bonchev–Trinajstić information content (AvgIpc) is 3.19. The van der Waals surface area contributed by atoms with Crippen molar-refractivity contribution in [3.8, 4) is 11.4 Å². The normalized spacial score (nSPS) is 19.7. The molecule has 2 aromatic rings. The second-order valence-corrected chi connectivity index (χ2v) is 7.45. The van der Waals surface area contributed by atoms with Crippen LogP contribution in [0.15, 0.2) is 28.8 Å². The second kappa shape index (κ2) is 8.76. The molecule has 0 saturated carbocycles. The van der Waals surface area contributed by atoms with E-state index < -0.39 is 4.92 Å². The molecule has 0 spiro atoms. The SMILES string of the molecule is O=[N+]([O-])c1cccc(-c2noc(CN3CCC(CN4CCOCC4)CC3)n2)c1. The predicted molar refractivity (Wildman–Crippen MR) is 102 cm³/mol. The highest BCUT2D eigenvalue weighted by atomic mass is 16.6. The third-order valence-corrected chi connectivity index (χ3v) is 5.47. The minimum atomic E-state index is -0.425. The molecule has 2 aliphatic rings. The van der Waals surface area contributed by atoms with Gasteiger partial charge in [-0.2, -0.15) is 4.98 Å². The van der Waals surface area contributed by atoms with Crippen LogP contribution in [-0.2, 0) is 11.3 Å². The minimum absolute atomic E-state index is 0.0196. The number of likely N-dealkylation sites (tertiary alicyclic amines) is 1. The summed E-state index contributed by atoms with van der Waals surface area (Å²) in [5, 5.41) is 14.9. The zero-order chi connectivity index (χ0) is 19.3. The van der Waals surface area contributed by atoms with Crippen molar-refractivity contribution in [2.45, 2.75) is 19.4 Å². The van der Waals surface area contributed by atoms with Gasteiger partial charge >= 0.3 is 0 Å². The van der Waals surface area contributed by atoms with Gasteiger partial charge in [-0.15, -0.1) is 0 Å². The third kappa shape index (κ3) is 4.73. The summed E-state index contributed by atoms with van der Waals surface area (Å²) in [4.78, 5) is 19.8. The van der Waals surface area contributed by atoms with Crippen molar-refractivity contribution in [1.29, 1.82) is 0 Å². The highest BCUT2D eigenvalue weighted by molar-refractivity contribution is 5.58. The summed E-state index contributed by atoms with van der Waals surface area (Å²) in [6, 6.07) is 6.29. The van der Waals surface area contributed by atoms with Crippen LogP contribution in [0.4, 0.5) is 5.69 Å². The van der Waals surface area contributed by atoms with Crippen molar-refractivity contribution in [2.75, 3.05) is 45.9 Å².